The van der Waals surface area contributed by atoms with Crippen LogP contribution in [0, 0.1) is 0 Å². The minimum atomic E-state index is 0.612. The molecule has 0 aliphatic heterocycles. The first-order chi connectivity index (χ1) is 9.78. The Morgan fingerprint density at radius 3 is 2.10 bits per heavy atom. The van der Waals surface area contributed by atoms with Gasteiger partial charge < -0.3 is 14.2 Å². The fourth-order valence-corrected chi connectivity index (χ4v) is 2.06. The van der Waals surface area contributed by atoms with Crippen LogP contribution in [0.15, 0.2) is 53.0 Å². The highest BCUT2D eigenvalue weighted by atomic mass is 79.9. The van der Waals surface area contributed by atoms with Gasteiger partial charge >= 0.3 is 0 Å². The summed E-state index contributed by atoms with van der Waals surface area (Å²) in [5, 5.41) is 0. The second-order valence-corrected chi connectivity index (χ2v) is 5.10. The van der Waals surface area contributed by atoms with Crippen LogP contribution < -0.4 is 14.2 Å². The van der Waals surface area contributed by atoms with Crippen molar-refractivity contribution >= 4 is 15.9 Å². The van der Waals surface area contributed by atoms with E-state index in [2.05, 4.69) is 15.9 Å². The number of benzene rings is 2. The number of hydrogen-bond acceptors (Lipinski definition) is 3. The molecule has 106 valence electrons. The molecular formula is C16H17BrO3. The van der Waals surface area contributed by atoms with Crippen LogP contribution in [0.4, 0.5) is 0 Å². The number of halogens is 1. The van der Waals surface area contributed by atoms with Crippen LogP contribution in [0.2, 0.25) is 0 Å². The third-order valence-corrected chi connectivity index (χ3v) is 3.16. The number of rotatable bonds is 7. The molecule has 0 aliphatic rings. The van der Waals surface area contributed by atoms with E-state index >= 15 is 0 Å². The standard InChI is InChI=1S/C16H17BrO3/c1-18-14-6-3-8-16(12-14)20-10-4-9-19-15-7-2-5-13(17)11-15/h2-3,5-8,11-12H,4,9-10H2,1H3. The third-order valence-electron chi connectivity index (χ3n) is 2.66. The van der Waals surface area contributed by atoms with Crippen LogP contribution in [0.1, 0.15) is 6.42 Å². The summed E-state index contributed by atoms with van der Waals surface area (Å²) in [7, 11) is 1.64. The molecule has 0 aliphatic carbocycles. The van der Waals surface area contributed by atoms with Crippen molar-refractivity contribution in [2.24, 2.45) is 0 Å². The lowest BCUT2D eigenvalue weighted by atomic mass is 10.3. The van der Waals surface area contributed by atoms with Gasteiger partial charge in [0.05, 0.1) is 20.3 Å². The fourth-order valence-electron chi connectivity index (χ4n) is 1.69. The van der Waals surface area contributed by atoms with Crippen LogP contribution in [0.5, 0.6) is 17.2 Å². The third kappa shape index (κ3) is 4.78. The summed E-state index contributed by atoms with van der Waals surface area (Å²) in [5.41, 5.74) is 0. The van der Waals surface area contributed by atoms with Gasteiger partial charge in [0.2, 0.25) is 0 Å². The maximum atomic E-state index is 5.64. The highest BCUT2D eigenvalue weighted by molar-refractivity contribution is 9.10. The monoisotopic (exact) mass is 336 g/mol. The molecule has 0 heterocycles. The largest absolute Gasteiger partial charge is 0.497 e. The fraction of sp³-hybridized carbons (Fsp3) is 0.250. The summed E-state index contributed by atoms with van der Waals surface area (Å²) in [6.45, 7) is 1.24. The van der Waals surface area contributed by atoms with Crippen LogP contribution in [-0.4, -0.2) is 20.3 Å². The zero-order chi connectivity index (χ0) is 14.2. The Labute approximate surface area is 127 Å². The van der Waals surface area contributed by atoms with Crippen LogP contribution in [0.25, 0.3) is 0 Å². The van der Waals surface area contributed by atoms with E-state index in [1.165, 1.54) is 0 Å². The lowest BCUT2D eigenvalue weighted by Crippen LogP contribution is -2.05. The van der Waals surface area contributed by atoms with E-state index in [1.807, 2.05) is 48.5 Å². The van der Waals surface area contributed by atoms with Crippen molar-refractivity contribution in [1.29, 1.82) is 0 Å². The molecule has 0 saturated heterocycles. The molecule has 2 aromatic rings. The Morgan fingerprint density at radius 2 is 1.45 bits per heavy atom. The Kier molecular flexibility index (Phi) is 5.74. The Bertz CT molecular complexity index is 543. The van der Waals surface area contributed by atoms with Crippen LogP contribution >= 0.6 is 15.9 Å². The highest BCUT2D eigenvalue weighted by Gasteiger charge is 1.98. The van der Waals surface area contributed by atoms with Gasteiger partial charge in [-0.2, -0.15) is 0 Å². The molecule has 0 saturated carbocycles. The number of methoxy groups -OCH3 is 1. The number of hydrogen-bond donors (Lipinski definition) is 0. The zero-order valence-electron chi connectivity index (χ0n) is 11.3. The molecular weight excluding hydrogens is 320 g/mol. The molecule has 0 spiro atoms. The minimum absolute atomic E-state index is 0.612. The maximum absolute atomic E-state index is 5.64. The van der Waals surface area contributed by atoms with E-state index < -0.39 is 0 Å². The average molecular weight is 337 g/mol. The van der Waals surface area contributed by atoms with Gasteiger partial charge in [-0.1, -0.05) is 28.1 Å². The smallest absolute Gasteiger partial charge is 0.122 e. The van der Waals surface area contributed by atoms with Gasteiger partial charge in [-0.15, -0.1) is 0 Å². The van der Waals surface area contributed by atoms with Crippen molar-refractivity contribution in [1.82, 2.24) is 0 Å². The normalized spacial score (nSPS) is 10.1. The molecule has 0 radical (unpaired) electrons. The lowest BCUT2D eigenvalue weighted by Gasteiger charge is -2.09. The van der Waals surface area contributed by atoms with Gasteiger partial charge in [-0.25, -0.2) is 0 Å². The first-order valence-corrected chi connectivity index (χ1v) is 7.22. The van der Waals surface area contributed by atoms with Gasteiger partial charge in [0.15, 0.2) is 0 Å². The molecule has 20 heavy (non-hydrogen) atoms. The summed E-state index contributed by atoms with van der Waals surface area (Å²) in [6, 6.07) is 15.4. The van der Waals surface area contributed by atoms with Gasteiger partial charge in [-0.05, 0) is 30.3 Å². The Morgan fingerprint density at radius 1 is 0.850 bits per heavy atom. The Hall–Kier alpha value is -1.68. The van der Waals surface area contributed by atoms with Crippen molar-refractivity contribution in [2.75, 3.05) is 20.3 Å². The van der Waals surface area contributed by atoms with E-state index in [0.29, 0.717) is 13.2 Å². The van der Waals surface area contributed by atoms with E-state index in [9.17, 15) is 0 Å². The maximum Gasteiger partial charge on any atom is 0.122 e. The van der Waals surface area contributed by atoms with Crippen molar-refractivity contribution in [3.63, 3.8) is 0 Å². The quantitative estimate of drug-likeness (QED) is 0.705. The van der Waals surface area contributed by atoms with Crippen molar-refractivity contribution in [3.8, 4) is 17.2 Å². The van der Waals surface area contributed by atoms with Crippen molar-refractivity contribution in [2.45, 2.75) is 6.42 Å². The lowest BCUT2D eigenvalue weighted by molar-refractivity contribution is 0.247. The molecule has 0 bridgehead atoms. The summed E-state index contributed by atoms with van der Waals surface area (Å²) >= 11 is 3.41. The van der Waals surface area contributed by atoms with Gasteiger partial charge in [0, 0.05) is 17.0 Å². The molecule has 0 atom stereocenters. The predicted octanol–water partition coefficient (Wildman–Crippen LogP) is 4.31. The second kappa shape index (κ2) is 7.80. The van der Waals surface area contributed by atoms with Gasteiger partial charge in [0.1, 0.15) is 17.2 Å². The topological polar surface area (TPSA) is 27.7 Å². The highest BCUT2D eigenvalue weighted by Crippen LogP contribution is 2.19. The van der Waals surface area contributed by atoms with E-state index in [4.69, 9.17) is 14.2 Å². The molecule has 0 N–H and O–H groups in total. The number of ether oxygens (including phenoxy) is 3. The van der Waals surface area contributed by atoms with Crippen LogP contribution in [-0.2, 0) is 0 Å². The second-order valence-electron chi connectivity index (χ2n) is 4.19. The Balaban J connectivity index is 1.68. The molecule has 2 aromatic carbocycles. The minimum Gasteiger partial charge on any atom is -0.497 e. The average Bonchev–Trinajstić information content (AvgIpc) is 2.47. The molecule has 3 nitrogen and oxygen atoms in total. The summed E-state index contributed by atoms with van der Waals surface area (Å²) in [6.07, 6.45) is 0.823. The van der Waals surface area contributed by atoms with E-state index in [1.54, 1.807) is 7.11 Å². The summed E-state index contributed by atoms with van der Waals surface area (Å²) in [5.74, 6) is 2.47. The molecule has 4 heteroatoms. The molecule has 0 amide bonds. The van der Waals surface area contributed by atoms with Crippen molar-refractivity contribution in [3.05, 3.63) is 53.0 Å². The van der Waals surface area contributed by atoms with E-state index in [0.717, 1.165) is 28.1 Å². The zero-order valence-corrected chi connectivity index (χ0v) is 12.9. The van der Waals surface area contributed by atoms with Crippen LogP contribution in [0.3, 0.4) is 0 Å². The van der Waals surface area contributed by atoms with Gasteiger partial charge in [-0.3, -0.25) is 0 Å². The SMILES string of the molecule is COc1cccc(OCCCOc2cccc(Br)c2)c1. The summed E-state index contributed by atoms with van der Waals surface area (Å²) < 4.78 is 17.4. The molecule has 0 fully saturated rings. The molecule has 2 rings (SSSR count). The van der Waals surface area contributed by atoms with E-state index in [-0.39, 0.29) is 0 Å². The predicted molar refractivity (Wildman–Crippen MR) is 82.7 cm³/mol. The summed E-state index contributed by atoms with van der Waals surface area (Å²) in [4.78, 5) is 0. The first-order valence-electron chi connectivity index (χ1n) is 6.43. The molecule has 0 aromatic heterocycles. The first kappa shape index (κ1) is 14.7. The molecule has 0 unspecified atom stereocenters. The van der Waals surface area contributed by atoms with Gasteiger partial charge in [0.25, 0.3) is 0 Å². The van der Waals surface area contributed by atoms with Crippen molar-refractivity contribution < 1.29 is 14.2 Å².